The number of carboxylic acid groups (broad SMARTS) is 1. The van der Waals surface area contributed by atoms with Crippen LogP contribution in [0, 0.1) is 11.8 Å². The highest BCUT2D eigenvalue weighted by Crippen LogP contribution is 1.99. The summed E-state index contributed by atoms with van der Waals surface area (Å²) < 4.78 is 0. The van der Waals surface area contributed by atoms with Crippen LogP contribution in [0.1, 0.15) is 12.8 Å². The monoisotopic (exact) mass is 182 g/mol. The molecule has 13 heavy (non-hydrogen) atoms. The van der Waals surface area contributed by atoms with Crippen LogP contribution in [0.3, 0.4) is 0 Å². The van der Waals surface area contributed by atoms with Gasteiger partial charge in [0.2, 0.25) is 0 Å². The van der Waals surface area contributed by atoms with Gasteiger partial charge in [-0.25, -0.2) is 4.79 Å². The van der Waals surface area contributed by atoms with Crippen molar-refractivity contribution in [2.45, 2.75) is 18.9 Å². The Morgan fingerprint density at radius 3 is 3.15 bits per heavy atom. The molecule has 1 aliphatic rings. The predicted octanol–water partition coefficient (Wildman–Crippen LogP) is -0.584. The van der Waals surface area contributed by atoms with Crippen molar-refractivity contribution in [2.75, 3.05) is 19.6 Å². The fourth-order valence-corrected chi connectivity index (χ4v) is 1.34. The van der Waals surface area contributed by atoms with Crippen molar-refractivity contribution >= 4 is 5.97 Å². The second-order valence-corrected chi connectivity index (χ2v) is 3.03. The van der Waals surface area contributed by atoms with Gasteiger partial charge in [0.15, 0.2) is 0 Å². The van der Waals surface area contributed by atoms with E-state index in [0.29, 0.717) is 12.6 Å². The second-order valence-electron chi connectivity index (χ2n) is 3.03. The number of piperidine rings is 1. The van der Waals surface area contributed by atoms with Crippen LogP contribution < -0.4 is 10.6 Å². The van der Waals surface area contributed by atoms with E-state index in [1.165, 1.54) is 6.42 Å². The summed E-state index contributed by atoms with van der Waals surface area (Å²) in [5, 5.41) is 14.7. The first kappa shape index (κ1) is 10.0. The normalized spacial score (nSPS) is 21.7. The third-order valence-corrected chi connectivity index (χ3v) is 1.97. The summed E-state index contributed by atoms with van der Waals surface area (Å²) >= 11 is 0. The molecule has 1 aliphatic heterocycles. The maximum Gasteiger partial charge on any atom is 0.381 e. The summed E-state index contributed by atoms with van der Waals surface area (Å²) in [6.07, 6.45) is 2.31. The molecular weight excluding hydrogens is 168 g/mol. The topological polar surface area (TPSA) is 61.4 Å². The Labute approximate surface area is 77.7 Å². The maximum atomic E-state index is 10.0. The van der Waals surface area contributed by atoms with E-state index < -0.39 is 5.97 Å². The zero-order valence-electron chi connectivity index (χ0n) is 7.47. The van der Waals surface area contributed by atoms with Crippen LogP contribution in [0.4, 0.5) is 0 Å². The summed E-state index contributed by atoms with van der Waals surface area (Å²) in [5.41, 5.74) is 0. The lowest BCUT2D eigenvalue weighted by molar-refractivity contribution is -0.130. The minimum Gasteiger partial charge on any atom is -0.472 e. The Balaban J connectivity index is 2.12. The molecule has 3 N–H and O–H groups in total. The van der Waals surface area contributed by atoms with Crippen molar-refractivity contribution < 1.29 is 9.90 Å². The lowest BCUT2D eigenvalue weighted by Crippen LogP contribution is -2.43. The van der Waals surface area contributed by atoms with Crippen molar-refractivity contribution in [2.24, 2.45) is 0 Å². The zero-order chi connectivity index (χ0) is 9.52. The average Bonchev–Trinajstić information content (AvgIpc) is 2.14. The van der Waals surface area contributed by atoms with Gasteiger partial charge in [-0.2, -0.15) is 0 Å². The third-order valence-electron chi connectivity index (χ3n) is 1.97. The van der Waals surface area contributed by atoms with E-state index in [2.05, 4.69) is 22.5 Å². The van der Waals surface area contributed by atoms with Crippen LogP contribution >= 0.6 is 0 Å². The predicted molar refractivity (Wildman–Crippen MR) is 49.3 cm³/mol. The summed E-state index contributed by atoms with van der Waals surface area (Å²) in [4.78, 5) is 10.0. The fraction of sp³-hybridized carbons (Fsp3) is 0.667. The van der Waals surface area contributed by atoms with E-state index in [1.807, 2.05) is 0 Å². The number of hydrogen-bond acceptors (Lipinski definition) is 3. The highest BCUT2D eigenvalue weighted by Gasteiger charge is 2.10. The molecule has 0 saturated carbocycles. The number of nitrogens with one attached hydrogen (secondary N) is 2. The van der Waals surface area contributed by atoms with Crippen molar-refractivity contribution in [3.05, 3.63) is 0 Å². The molecule has 72 valence electrons. The van der Waals surface area contributed by atoms with Gasteiger partial charge >= 0.3 is 5.97 Å². The first-order chi connectivity index (χ1) is 6.29. The van der Waals surface area contributed by atoms with E-state index >= 15 is 0 Å². The van der Waals surface area contributed by atoms with Gasteiger partial charge in [0.25, 0.3) is 0 Å². The molecule has 0 radical (unpaired) electrons. The highest BCUT2D eigenvalue weighted by atomic mass is 16.4. The van der Waals surface area contributed by atoms with E-state index in [9.17, 15) is 4.79 Å². The van der Waals surface area contributed by atoms with Crippen LogP contribution in [0.5, 0.6) is 0 Å². The number of carbonyl (C=O) groups is 1. The minimum absolute atomic E-state index is 0.442. The molecule has 1 saturated heterocycles. The van der Waals surface area contributed by atoms with Crippen LogP contribution in [-0.2, 0) is 4.79 Å². The maximum absolute atomic E-state index is 10.0. The lowest BCUT2D eigenvalue weighted by atomic mass is 10.1. The molecule has 0 aliphatic carbocycles. The molecule has 1 unspecified atom stereocenters. The van der Waals surface area contributed by atoms with Crippen LogP contribution in [-0.4, -0.2) is 36.8 Å². The Morgan fingerprint density at radius 2 is 2.54 bits per heavy atom. The molecule has 0 amide bonds. The SMILES string of the molecule is O=C(O)C#CCNC1CCCNC1. The second kappa shape index (κ2) is 5.57. The van der Waals surface area contributed by atoms with Gasteiger partial charge in [0.05, 0.1) is 6.54 Å². The summed E-state index contributed by atoms with van der Waals surface area (Å²) in [6, 6.07) is 0.442. The Kier molecular flexibility index (Phi) is 4.30. The van der Waals surface area contributed by atoms with Gasteiger partial charge in [-0.1, -0.05) is 5.92 Å². The molecule has 1 fully saturated rings. The van der Waals surface area contributed by atoms with Crippen molar-refractivity contribution in [3.8, 4) is 11.8 Å². The van der Waals surface area contributed by atoms with Gasteiger partial charge in [-0.15, -0.1) is 0 Å². The zero-order valence-corrected chi connectivity index (χ0v) is 7.47. The van der Waals surface area contributed by atoms with Gasteiger partial charge in [-0.3, -0.25) is 0 Å². The molecule has 0 bridgehead atoms. The Hall–Kier alpha value is -1.05. The molecule has 0 spiro atoms. The number of carboxylic acids is 1. The molecule has 1 rings (SSSR count). The molecule has 0 aromatic heterocycles. The standard InChI is InChI=1S/C9H14N2O2/c12-9(13)4-2-6-11-8-3-1-5-10-7-8/h8,10-11H,1,3,5-7H2,(H,12,13). The van der Waals surface area contributed by atoms with Crippen LogP contribution in [0.15, 0.2) is 0 Å². The molecule has 4 nitrogen and oxygen atoms in total. The summed E-state index contributed by atoms with van der Waals surface area (Å²) in [5.74, 6) is 3.55. The van der Waals surface area contributed by atoms with Gasteiger partial charge in [-0.05, 0) is 19.4 Å². The summed E-state index contributed by atoms with van der Waals surface area (Å²) in [6.45, 7) is 2.49. The number of hydrogen-bond donors (Lipinski definition) is 3. The first-order valence-electron chi connectivity index (χ1n) is 4.45. The smallest absolute Gasteiger partial charge is 0.381 e. The van der Waals surface area contributed by atoms with Crippen molar-refractivity contribution in [1.82, 2.24) is 10.6 Å². The van der Waals surface area contributed by atoms with Crippen LogP contribution in [0.2, 0.25) is 0 Å². The van der Waals surface area contributed by atoms with E-state index in [-0.39, 0.29) is 0 Å². The lowest BCUT2D eigenvalue weighted by Gasteiger charge is -2.22. The highest BCUT2D eigenvalue weighted by molar-refractivity contribution is 5.86. The quantitative estimate of drug-likeness (QED) is 0.500. The molecule has 4 heteroatoms. The third kappa shape index (κ3) is 4.51. The summed E-state index contributed by atoms with van der Waals surface area (Å²) in [7, 11) is 0. The fourth-order valence-electron chi connectivity index (χ4n) is 1.34. The van der Waals surface area contributed by atoms with Crippen LogP contribution in [0.25, 0.3) is 0 Å². The molecule has 0 aromatic carbocycles. The van der Waals surface area contributed by atoms with Crippen molar-refractivity contribution in [1.29, 1.82) is 0 Å². The van der Waals surface area contributed by atoms with Gasteiger partial charge < -0.3 is 15.7 Å². The first-order valence-corrected chi connectivity index (χ1v) is 4.45. The number of aliphatic carboxylic acids is 1. The largest absolute Gasteiger partial charge is 0.472 e. The van der Waals surface area contributed by atoms with Gasteiger partial charge in [0, 0.05) is 18.5 Å². The average molecular weight is 182 g/mol. The minimum atomic E-state index is -1.07. The molecule has 0 aromatic rings. The van der Waals surface area contributed by atoms with Crippen molar-refractivity contribution in [3.63, 3.8) is 0 Å². The Bertz CT molecular complexity index is 224. The van der Waals surface area contributed by atoms with E-state index in [1.54, 1.807) is 0 Å². The molecule has 1 heterocycles. The van der Waals surface area contributed by atoms with Gasteiger partial charge in [0.1, 0.15) is 0 Å². The molecular formula is C9H14N2O2. The van der Waals surface area contributed by atoms with E-state index in [4.69, 9.17) is 5.11 Å². The Morgan fingerprint density at radius 1 is 1.69 bits per heavy atom. The van der Waals surface area contributed by atoms with E-state index in [0.717, 1.165) is 19.5 Å². The molecule has 1 atom stereocenters. The number of rotatable bonds is 2.